The van der Waals surface area contributed by atoms with Crippen LogP contribution in [0.1, 0.15) is 12.5 Å². The fourth-order valence-corrected chi connectivity index (χ4v) is 3.10. The lowest BCUT2D eigenvalue weighted by Crippen LogP contribution is -2.19. The molecule has 132 valence electrons. The number of rotatable bonds is 4. The van der Waals surface area contributed by atoms with Gasteiger partial charge in [0.05, 0.1) is 28.3 Å². The summed E-state index contributed by atoms with van der Waals surface area (Å²) in [5.41, 5.74) is 4.46. The minimum absolute atomic E-state index is 0.114. The molecule has 4 rings (SSSR count). The van der Waals surface area contributed by atoms with Gasteiger partial charge in [0.2, 0.25) is 0 Å². The SMILES string of the molecule is CC(=Nc1ccccc1)c1c(-c2ccccc2)[nH]n(-c2ccccc2)c1=O. The third-order valence-electron chi connectivity index (χ3n) is 4.38. The molecule has 1 heterocycles. The van der Waals surface area contributed by atoms with E-state index in [2.05, 4.69) is 10.1 Å². The van der Waals surface area contributed by atoms with Gasteiger partial charge in [-0.25, -0.2) is 4.68 Å². The number of nitrogens with zero attached hydrogens (tertiary/aromatic N) is 2. The number of aromatic nitrogens is 2. The number of para-hydroxylation sites is 2. The summed E-state index contributed by atoms with van der Waals surface area (Å²) in [7, 11) is 0. The van der Waals surface area contributed by atoms with E-state index in [4.69, 9.17) is 0 Å². The van der Waals surface area contributed by atoms with Gasteiger partial charge in [0, 0.05) is 5.56 Å². The van der Waals surface area contributed by atoms with Gasteiger partial charge in [-0.1, -0.05) is 66.7 Å². The first-order valence-corrected chi connectivity index (χ1v) is 8.80. The maximum atomic E-state index is 13.2. The fraction of sp³-hybridized carbons (Fsp3) is 0.0435. The van der Waals surface area contributed by atoms with E-state index in [0.717, 1.165) is 22.6 Å². The third kappa shape index (κ3) is 3.37. The summed E-state index contributed by atoms with van der Waals surface area (Å²) >= 11 is 0. The Balaban J connectivity index is 1.93. The quantitative estimate of drug-likeness (QED) is 0.517. The summed E-state index contributed by atoms with van der Waals surface area (Å²) in [5, 5.41) is 3.27. The molecule has 3 aromatic carbocycles. The van der Waals surface area contributed by atoms with Crippen LogP contribution in [0.25, 0.3) is 16.9 Å². The first kappa shape index (κ1) is 16.8. The normalized spacial score (nSPS) is 11.5. The highest BCUT2D eigenvalue weighted by Crippen LogP contribution is 2.22. The van der Waals surface area contributed by atoms with Gasteiger partial charge in [-0.05, 0) is 31.2 Å². The van der Waals surface area contributed by atoms with E-state index in [9.17, 15) is 4.79 Å². The lowest BCUT2D eigenvalue weighted by Gasteiger charge is -2.03. The number of aromatic amines is 1. The first-order chi connectivity index (χ1) is 13.2. The van der Waals surface area contributed by atoms with Crippen molar-refractivity contribution in [3.8, 4) is 16.9 Å². The molecular weight excluding hydrogens is 334 g/mol. The van der Waals surface area contributed by atoms with Crippen molar-refractivity contribution in [2.75, 3.05) is 0 Å². The molecule has 0 aliphatic carbocycles. The van der Waals surface area contributed by atoms with Crippen molar-refractivity contribution in [1.29, 1.82) is 0 Å². The zero-order chi connectivity index (χ0) is 18.6. The Morgan fingerprint density at radius 2 is 1.37 bits per heavy atom. The lowest BCUT2D eigenvalue weighted by atomic mass is 10.1. The van der Waals surface area contributed by atoms with Crippen molar-refractivity contribution in [2.24, 2.45) is 4.99 Å². The predicted molar refractivity (Wildman–Crippen MR) is 110 cm³/mol. The molecule has 0 radical (unpaired) electrons. The van der Waals surface area contributed by atoms with Crippen molar-refractivity contribution < 1.29 is 0 Å². The topological polar surface area (TPSA) is 50.1 Å². The lowest BCUT2D eigenvalue weighted by molar-refractivity contribution is 0.852. The van der Waals surface area contributed by atoms with Crippen LogP contribution in [0.15, 0.2) is 101 Å². The molecule has 0 spiro atoms. The van der Waals surface area contributed by atoms with Crippen molar-refractivity contribution in [3.63, 3.8) is 0 Å². The molecule has 0 aliphatic rings. The van der Waals surface area contributed by atoms with E-state index in [1.54, 1.807) is 4.68 Å². The molecule has 4 nitrogen and oxygen atoms in total. The van der Waals surface area contributed by atoms with Crippen LogP contribution in [0, 0.1) is 0 Å². The van der Waals surface area contributed by atoms with Gasteiger partial charge in [-0.3, -0.25) is 14.9 Å². The minimum Gasteiger partial charge on any atom is -0.290 e. The van der Waals surface area contributed by atoms with Crippen LogP contribution >= 0.6 is 0 Å². The number of hydrogen-bond acceptors (Lipinski definition) is 2. The molecule has 27 heavy (non-hydrogen) atoms. The maximum absolute atomic E-state index is 13.2. The van der Waals surface area contributed by atoms with Crippen LogP contribution in [-0.2, 0) is 0 Å². The van der Waals surface area contributed by atoms with Gasteiger partial charge >= 0.3 is 0 Å². The Morgan fingerprint density at radius 3 is 2.00 bits per heavy atom. The van der Waals surface area contributed by atoms with E-state index in [1.807, 2.05) is 97.9 Å². The number of H-pyrrole nitrogens is 1. The second kappa shape index (κ2) is 7.30. The third-order valence-corrected chi connectivity index (χ3v) is 4.38. The second-order valence-electron chi connectivity index (χ2n) is 6.24. The molecule has 4 aromatic rings. The van der Waals surface area contributed by atoms with Crippen molar-refractivity contribution in [1.82, 2.24) is 9.78 Å². The van der Waals surface area contributed by atoms with Gasteiger partial charge < -0.3 is 0 Å². The summed E-state index contributed by atoms with van der Waals surface area (Å²) in [6, 6.07) is 29.1. The Morgan fingerprint density at radius 1 is 0.815 bits per heavy atom. The Kier molecular flexibility index (Phi) is 4.54. The zero-order valence-corrected chi connectivity index (χ0v) is 15.0. The van der Waals surface area contributed by atoms with Crippen molar-refractivity contribution in [2.45, 2.75) is 6.92 Å². The van der Waals surface area contributed by atoms with Crippen LogP contribution in [-0.4, -0.2) is 15.5 Å². The molecular formula is C23H19N3O. The standard InChI is InChI=1S/C23H19N3O/c1-17(24-19-13-7-3-8-14-19)21-22(18-11-5-2-6-12-18)25-26(23(21)27)20-15-9-4-10-16-20/h2-16,25H,1H3. The highest BCUT2D eigenvalue weighted by atomic mass is 16.1. The number of nitrogens with one attached hydrogen (secondary N) is 1. The largest absolute Gasteiger partial charge is 0.290 e. The van der Waals surface area contributed by atoms with Crippen LogP contribution < -0.4 is 5.56 Å². The van der Waals surface area contributed by atoms with Crippen LogP contribution in [0.3, 0.4) is 0 Å². The molecule has 0 saturated heterocycles. The predicted octanol–water partition coefficient (Wildman–Crippen LogP) is 4.97. The highest BCUT2D eigenvalue weighted by Gasteiger charge is 2.19. The average Bonchev–Trinajstić information content (AvgIpc) is 3.07. The van der Waals surface area contributed by atoms with E-state index < -0.39 is 0 Å². The highest BCUT2D eigenvalue weighted by molar-refractivity contribution is 6.04. The number of benzene rings is 3. The Hall–Kier alpha value is -3.66. The Labute approximate surface area is 157 Å². The van der Waals surface area contributed by atoms with E-state index in [1.165, 1.54) is 0 Å². The monoisotopic (exact) mass is 353 g/mol. The number of aliphatic imine (C=N–C) groups is 1. The van der Waals surface area contributed by atoms with E-state index in [-0.39, 0.29) is 5.56 Å². The molecule has 0 bridgehead atoms. The first-order valence-electron chi connectivity index (χ1n) is 8.80. The summed E-state index contributed by atoms with van der Waals surface area (Å²) in [4.78, 5) is 17.9. The second-order valence-corrected chi connectivity index (χ2v) is 6.24. The molecule has 0 aliphatic heterocycles. The minimum atomic E-state index is -0.114. The molecule has 1 N–H and O–H groups in total. The van der Waals surface area contributed by atoms with E-state index in [0.29, 0.717) is 11.3 Å². The molecule has 0 atom stereocenters. The van der Waals surface area contributed by atoms with Crippen molar-refractivity contribution >= 4 is 11.4 Å². The fourth-order valence-electron chi connectivity index (χ4n) is 3.10. The van der Waals surface area contributed by atoms with Gasteiger partial charge in [0.25, 0.3) is 5.56 Å². The zero-order valence-electron chi connectivity index (χ0n) is 15.0. The van der Waals surface area contributed by atoms with Gasteiger partial charge in [-0.2, -0.15) is 0 Å². The summed E-state index contributed by atoms with van der Waals surface area (Å²) < 4.78 is 1.57. The van der Waals surface area contributed by atoms with Gasteiger partial charge in [0.1, 0.15) is 0 Å². The molecule has 0 unspecified atom stereocenters. The molecule has 4 heteroatoms. The van der Waals surface area contributed by atoms with E-state index >= 15 is 0 Å². The molecule has 0 amide bonds. The molecule has 1 aromatic heterocycles. The summed E-state index contributed by atoms with van der Waals surface area (Å²) in [6.07, 6.45) is 0. The van der Waals surface area contributed by atoms with Crippen LogP contribution in [0.5, 0.6) is 0 Å². The Bertz CT molecular complexity index is 1120. The summed E-state index contributed by atoms with van der Waals surface area (Å²) in [6.45, 7) is 1.87. The van der Waals surface area contributed by atoms with Gasteiger partial charge in [0.15, 0.2) is 0 Å². The molecule has 0 fully saturated rings. The van der Waals surface area contributed by atoms with Crippen molar-refractivity contribution in [3.05, 3.63) is 107 Å². The maximum Gasteiger partial charge on any atom is 0.280 e. The smallest absolute Gasteiger partial charge is 0.280 e. The number of hydrogen-bond donors (Lipinski definition) is 1. The average molecular weight is 353 g/mol. The molecule has 0 saturated carbocycles. The summed E-state index contributed by atoms with van der Waals surface area (Å²) in [5.74, 6) is 0. The van der Waals surface area contributed by atoms with Crippen LogP contribution in [0.4, 0.5) is 5.69 Å². The van der Waals surface area contributed by atoms with Gasteiger partial charge in [-0.15, -0.1) is 0 Å². The van der Waals surface area contributed by atoms with Crippen LogP contribution in [0.2, 0.25) is 0 Å².